The Hall–Kier alpha value is -3.49. The number of benzene rings is 3. The highest BCUT2D eigenvalue weighted by Crippen LogP contribution is 2.45. The topological polar surface area (TPSA) is 58.9 Å². The van der Waals surface area contributed by atoms with E-state index >= 15 is 0 Å². The summed E-state index contributed by atoms with van der Waals surface area (Å²) in [6.45, 7) is 0. The molecule has 0 heterocycles. The zero-order valence-corrected chi connectivity index (χ0v) is 15.6. The zero-order valence-electron chi connectivity index (χ0n) is 15.6. The molecule has 3 rings (SSSR count). The van der Waals surface area contributed by atoms with Crippen molar-refractivity contribution in [3.8, 4) is 23.0 Å². The molecule has 0 unspecified atom stereocenters. The number of phenolic OH excluding ortho intramolecular Hbond substituents is 2. The molecule has 0 bridgehead atoms. The van der Waals surface area contributed by atoms with Crippen LogP contribution in [0.2, 0.25) is 0 Å². The molecule has 0 aliphatic heterocycles. The SMILES string of the molecule is COc1ccc(O)c(C(c2cc(OC)ccc2O)c2c(F)c(F)c(F)c(F)c2F)c1. The first-order valence-corrected chi connectivity index (χ1v) is 8.46. The van der Waals surface area contributed by atoms with Crippen LogP contribution < -0.4 is 9.47 Å². The van der Waals surface area contributed by atoms with Gasteiger partial charge in [-0.05, 0) is 36.4 Å². The molecule has 3 aromatic rings. The monoisotopic (exact) mass is 426 g/mol. The van der Waals surface area contributed by atoms with E-state index in [0.717, 1.165) is 24.3 Å². The van der Waals surface area contributed by atoms with Gasteiger partial charge >= 0.3 is 0 Å². The average Bonchev–Trinajstić information content (AvgIpc) is 2.75. The second-order valence-corrected chi connectivity index (χ2v) is 6.27. The van der Waals surface area contributed by atoms with E-state index in [9.17, 15) is 32.2 Å². The van der Waals surface area contributed by atoms with Gasteiger partial charge in [-0.1, -0.05) is 0 Å². The molecule has 4 nitrogen and oxygen atoms in total. The van der Waals surface area contributed by atoms with Gasteiger partial charge in [-0.3, -0.25) is 0 Å². The second kappa shape index (κ2) is 8.10. The van der Waals surface area contributed by atoms with Gasteiger partial charge in [0.25, 0.3) is 0 Å². The highest BCUT2D eigenvalue weighted by molar-refractivity contribution is 5.56. The van der Waals surface area contributed by atoms with Gasteiger partial charge in [-0.15, -0.1) is 0 Å². The summed E-state index contributed by atoms with van der Waals surface area (Å²) in [6.07, 6.45) is 0. The summed E-state index contributed by atoms with van der Waals surface area (Å²) >= 11 is 0. The Morgan fingerprint density at radius 1 is 0.633 bits per heavy atom. The molecule has 3 aromatic carbocycles. The largest absolute Gasteiger partial charge is 0.508 e. The Morgan fingerprint density at radius 2 is 1.00 bits per heavy atom. The van der Waals surface area contributed by atoms with Crippen LogP contribution in [-0.4, -0.2) is 24.4 Å². The van der Waals surface area contributed by atoms with Gasteiger partial charge in [-0.2, -0.15) is 0 Å². The Kier molecular flexibility index (Phi) is 5.73. The van der Waals surface area contributed by atoms with Crippen LogP contribution in [-0.2, 0) is 0 Å². The first kappa shape index (κ1) is 21.2. The number of phenols is 2. The number of rotatable bonds is 5. The molecule has 158 valence electrons. The van der Waals surface area contributed by atoms with E-state index in [1.54, 1.807) is 0 Å². The fourth-order valence-corrected chi connectivity index (χ4v) is 3.14. The van der Waals surface area contributed by atoms with Gasteiger partial charge in [0.2, 0.25) is 5.82 Å². The van der Waals surface area contributed by atoms with Crippen molar-refractivity contribution in [2.75, 3.05) is 14.2 Å². The zero-order chi connectivity index (χ0) is 22.2. The van der Waals surface area contributed by atoms with Crippen LogP contribution in [0.15, 0.2) is 36.4 Å². The number of hydrogen-bond acceptors (Lipinski definition) is 4. The highest BCUT2D eigenvalue weighted by Gasteiger charge is 2.35. The minimum atomic E-state index is -2.32. The quantitative estimate of drug-likeness (QED) is 0.261. The number of hydrogen-bond donors (Lipinski definition) is 2. The third-order valence-corrected chi connectivity index (χ3v) is 4.62. The number of ether oxygens (including phenoxy) is 2. The summed E-state index contributed by atoms with van der Waals surface area (Å²) in [4.78, 5) is 0. The fourth-order valence-electron chi connectivity index (χ4n) is 3.14. The van der Waals surface area contributed by atoms with Gasteiger partial charge in [-0.25, -0.2) is 22.0 Å². The van der Waals surface area contributed by atoms with Gasteiger partial charge in [0, 0.05) is 22.6 Å². The minimum absolute atomic E-state index is 0.138. The predicted molar refractivity (Wildman–Crippen MR) is 96.5 cm³/mol. The standard InChI is InChI=1S/C21H15F5O4/c1-29-9-3-5-13(27)11(7-9)15(12-8-10(30-2)4-6-14(12)28)16-17(22)19(24)21(26)20(25)18(16)23/h3-8,15,27-28H,1-2H3. The molecule has 0 saturated carbocycles. The third-order valence-electron chi connectivity index (χ3n) is 4.62. The number of aromatic hydroxyl groups is 2. The fraction of sp³-hybridized carbons (Fsp3) is 0.143. The van der Waals surface area contributed by atoms with Crippen molar-refractivity contribution in [2.24, 2.45) is 0 Å². The summed E-state index contributed by atoms with van der Waals surface area (Å²) < 4.78 is 81.0. The first-order chi connectivity index (χ1) is 14.2. The van der Waals surface area contributed by atoms with Crippen LogP contribution in [0.1, 0.15) is 22.6 Å². The summed E-state index contributed by atoms with van der Waals surface area (Å²) in [5.41, 5.74) is -1.78. The lowest BCUT2D eigenvalue weighted by Crippen LogP contribution is -2.14. The molecule has 30 heavy (non-hydrogen) atoms. The van der Waals surface area contributed by atoms with Crippen LogP contribution in [0, 0.1) is 29.1 Å². The maximum Gasteiger partial charge on any atom is 0.200 e. The molecular formula is C21H15F5O4. The molecule has 9 heteroatoms. The Labute approximate surface area is 167 Å². The first-order valence-electron chi connectivity index (χ1n) is 8.46. The van der Waals surface area contributed by atoms with Crippen molar-refractivity contribution < 1.29 is 41.6 Å². The minimum Gasteiger partial charge on any atom is -0.508 e. The van der Waals surface area contributed by atoms with Crippen LogP contribution in [0.3, 0.4) is 0 Å². The Balaban J connectivity index is 2.45. The van der Waals surface area contributed by atoms with E-state index in [0.29, 0.717) is 0 Å². The van der Waals surface area contributed by atoms with Gasteiger partial charge in [0.05, 0.1) is 14.2 Å². The van der Waals surface area contributed by atoms with Crippen LogP contribution in [0.5, 0.6) is 23.0 Å². The van der Waals surface area contributed by atoms with E-state index in [1.807, 2.05) is 0 Å². The molecule has 0 aliphatic carbocycles. The van der Waals surface area contributed by atoms with Crippen molar-refractivity contribution >= 4 is 0 Å². The third kappa shape index (κ3) is 3.47. The summed E-state index contributed by atoms with van der Waals surface area (Å²) in [5, 5.41) is 20.7. The molecule has 0 fully saturated rings. The normalized spacial score (nSPS) is 11.1. The number of methoxy groups -OCH3 is 2. The average molecular weight is 426 g/mol. The van der Waals surface area contributed by atoms with Gasteiger partial charge in [0.15, 0.2) is 23.3 Å². The lowest BCUT2D eigenvalue weighted by molar-refractivity contribution is 0.367. The Bertz CT molecular complexity index is 1030. The molecule has 0 aliphatic rings. The number of halogens is 5. The Morgan fingerprint density at radius 3 is 1.37 bits per heavy atom. The maximum atomic E-state index is 14.7. The van der Waals surface area contributed by atoms with Crippen LogP contribution in [0.25, 0.3) is 0 Å². The van der Waals surface area contributed by atoms with Crippen molar-refractivity contribution in [2.45, 2.75) is 5.92 Å². The summed E-state index contributed by atoms with van der Waals surface area (Å²) in [5.74, 6) is -13.4. The molecule has 0 spiro atoms. The maximum absolute atomic E-state index is 14.7. The van der Waals surface area contributed by atoms with Crippen molar-refractivity contribution in [3.63, 3.8) is 0 Å². The van der Waals surface area contributed by atoms with E-state index in [-0.39, 0.29) is 22.6 Å². The smallest absolute Gasteiger partial charge is 0.200 e. The summed E-state index contributed by atoms with van der Waals surface area (Å²) in [6, 6.07) is 7.25. The van der Waals surface area contributed by atoms with Gasteiger partial charge in [0.1, 0.15) is 23.0 Å². The highest BCUT2D eigenvalue weighted by atomic mass is 19.2. The van der Waals surface area contributed by atoms with Crippen LogP contribution in [0.4, 0.5) is 22.0 Å². The van der Waals surface area contributed by atoms with Crippen molar-refractivity contribution in [1.29, 1.82) is 0 Å². The lowest BCUT2D eigenvalue weighted by Gasteiger charge is -2.23. The predicted octanol–water partition coefficient (Wildman–Crippen LogP) is 4.99. The molecule has 0 amide bonds. The van der Waals surface area contributed by atoms with E-state index in [2.05, 4.69) is 0 Å². The molecule has 0 saturated heterocycles. The van der Waals surface area contributed by atoms with Crippen LogP contribution >= 0.6 is 0 Å². The van der Waals surface area contributed by atoms with Crippen molar-refractivity contribution in [3.05, 3.63) is 82.2 Å². The van der Waals surface area contributed by atoms with E-state index in [1.165, 1.54) is 26.4 Å². The molecular weight excluding hydrogens is 411 g/mol. The molecule has 0 atom stereocenters. The molecule has 0 aromatic heterocycles. The second-order valence-electron chi connectivity index (χ2n) is 6.27. The summed E-state index contributed by atoms with van der Waals surface area (Å²) in [7, 11) is 2.57. The van der Waals surface area contributed by atoms with E-state index in [4.69, 9.17) is 9.47 Å². The van der Waals surface area contributed by atoms with Gasteiger partial charge < -0.3 is 19.7 Å². The molecule has 0 radical (unpaired) electrons. The van der Waals surface area contributed by atoms with E-state index < -0.39 is 52.1 Å². The lowest BCUT2D eigenvalue weighted by atomic mass is 9.83. The van der Waals surface area contributed by atoms with Crippen molar-refractivity contribution in [1.82, 2.24) is 0 Å². The molecule has 2 N–H and O–H groups in total.